The zero-order valence-electron chi connectivity index (χ0n) is 11.7. The van der Waals surface area contributed by atoms with Crippen LogP contribution >= 0.6 is 0 Å². The molecule has 1 atom stereocenters. The van der Waals surface area contributed by atoms with Crippen LogP contribution in [0.4, 0.5) is 0 Å². The largest absolute Gasteiger partial charge is 0.314 e. The van der Waals surface area contributed by atoms with Crippen LogP contribution < -0.4 is 10.0 Å². The molecule has 0 aromatic heterocycles. The van der Waals surface area contributed by atoms with Crippen molar-refractivity contribution in [3.63, 3.8) is 0 Å². The molecule has 4 nitrogen and oxygen atoms in total. The predicted molar refractivity (Wildman–Crippen MR) is 76.1 cm³/mol. The van der Waals surface area contributed by atoms with Crippen molar-refractivity contribution in [2.45, 2.75) is 58.4 Å². The Morgan fingerprint density at radius 2 is 2.00 bits per heavy atom. The molecule has 1 aliphatic heterocycles. The van der Waals surface area contributed by atoms with E-state index in [2.05, 4.69) is 23.9 Å². The first kappa shape index (κ1) is 15.9. The Bertz CT molecular complexity index is 307. The molecule has 5 heteroatoms. The summed E-state index contributed by atoms with van der Waals surface area (Å²) in [7, 11) is -3.09. The van der Waals surface area contributed by atoms with Gasteiger partial charge in [0.1, 0.15) is 0 Å². The molecule has 1 unspecified atom stereocenters. The van der Waals surface area contributed by atoms with Gasteiger partial charge in [0, 0.05) is 12.6 Å². The first-order valence-corrected chi connectivity index (χ1v) is 8.93. The number of piperidine rings is 1. The molecule has 18 heavy (non-hydrogen) atoms. The van der Waals surface area contributed by atoms with E-state index in [0.29, 0.717) is 18.5 Å². The third-order valence-corrected chi connectivity index (χ3v) is 5.27. The second-order valence-corrected chi connectivity index (χ2v) is 7.21. The van der Waals surface area contributed by atoms with E-state index in [4.69, 9.17) is 0 Å². The van der Waals surface area contributed by atoms with Crippen LogP contribution in [0.2, 0.25) is 0 Å². The lowest BCUT2D eigenvalue weighted by atomic mass is 10.0. The van der Waals surface area contributed by atoms with Gasteiger partial charge in [0.05, 0.1) is 5.75 Å². The molecular weight excluding hydrogens is 248 g/mol. The fraction of sp³-hybridized carbons (Fsp3) is 1.00. The van der Waals surface area contributed by atoms with Crippen LogP contribution in [0.25, 0.3) is 0 Å². The molecule has 0 amide bonds. The van der Waals surface area contributed by atoms with Gasteiger partial charge in [-0.05, 0) is 31.7 Å². The van der Waals surface area contributed by atoms with E-state index < -0.39 is 10.0 Å². The highest BCUT2D eigenvalue weighted by Crippen LogP contribution is 2.11. The van der Waals surface area contributed by atoms with E-state index >= 15 is 0 Å². The van der Waals surface area contributed by atoms with E-state index in [9.17, 15) is 8.42 Å². The average Bonchev–Trinajstić information content (AvgIpc) is 2.39. The quantitative estimate of drug-likeness (QED) is 0.711. The van der Waals surface area contributed by atoms with Crippen molar-refractivity contribution in [2.75, 3.05) is 18.8 Å². The lowest BCUT2D eigenvalue weighted by Gasteiger charge is -2.23. The van der Waals surface area contributed by atoms with Gasteiger partial charge in [-0.15, -0.1) is 0 Å². The monoisotopic (exact) mass is 276 g/mol. The standard InChI is InChI=1S/C13H28N2O2S/c1-3-12(4-2)11-15-18(16,17)10-8-13-7-5-6-9-14-13/h12-15H,3-11H2,1-2H3. The lowest BCUT2D eigenvalue weighted by Crippen LogP contribution is -2.38. The van der Waals surface area contributed by atoms with Crippen molar-refractivity contribution in [1.29, 1.82) is 0 Å². The smallest absolute Gasteiger partial charge is 0.211 e. The van der Waals surface area contributed by atoms with Crippen molar-refractivity contribution in [1.82, 2.24) is 10.0 Å². The van der Waals surface area contributed by atoms with E-state index in [-0.39, 0.29) is 5.75 Å². The predicted octanol–water partition coefficient (Wildman–Crippen LogP) is 1.87. The Morgan fingerprint density at radius 1 is 1.28 bits per heavy atom. The highest BCUT2D eigenvalue weighted by molar-refractivity contribution is 7.89. The topological polar surface area (TPSA) is 58.2 Å². The van der Waals surface area contributed by atoms with E-state index in [0.717, 1.165) is 32.2 Å². The Balaban J connectivity index is 2.26. The van der Waals surface area contributed by atoms with Crippen LogP contribution in [-0.4, -0.2) is 33.3 Å². The van der Waals surface area contributed by atoms with Gasteiger partial charge in [-0.3, -0.25) is 0 Å². The van der Waals surface area contributed by atoms with Gasteiger partial charge in [-0.25, -0.2) is 13.1 Å². The van der Waals surface area contributed by atoms with E-state index in [1.165, 1.54) is 12.8 Å². The maximum absolute atomic E-state index is 11.9. The molecular formula is C13H28N2O2S. The summed E-state index contributed by atoms with van der Waals surface area (Å²) in [6, 6.07) is 0.392. The second-order valence-electron chi connectivity index (χ2n) is 5.29. The van der Waals surface area contributed by atoms with Gasteiger partial charge in [0.2, 0.25) is 10.0 Å². The van der Waals surface area contributed by atoms with Crippen LogP contribution in [0.1, 0.15) is 52.4 Å². The first-order chi connectivity index (χ1) is 8.57. The molecule has 108 valence electrons. The third kappa shape index (κ3) is 6.16. The molecule has 0 spiro atoms. The number of rotatable bonds is 8. The number of hydrogen-bond acceptors (Lipinski definition) is 3. The summed E-state index contributed by atoms with van der Waals surface area (Å²) in [5, 5.41) is 3.39. The van der Waals surface area contributed by atoms with Crippen molar-refractivity contribution < 1.29 is 8.42 Å². The molecule has 1 fully saturated rings. The molecule has 1 aliphatic rings. The maximum atomic E-state index is 11.9. The zero-order valence-corrected chi connectivity index (χ0v) is 12.6. The highest BCUT2D eigenvalue weighted by atomic mass is 32.2. The molecule has 0 aromatic rings. The van der Waals surface area contributed by atoms with Crippen molar-refractivity contribution in [3.8, 4) is 0 Å². The van der Waals surface area contributed by atoms with E-state index in [1.807, 2.05) is 0 Å². The van der Waals surface area contributed by atoms with Gasteiger partial charge in [-0.1, -0.05) is 33.1 Å². The van der Waals surface area contributed by atoms with Gasteiger partial charge >= 0.3 is 0 Å². The van der Waals surface area contributed by atoms with Gasteiger partial charge in [0.15, 0.2) is 0 Å². The summed E-state index contributed by atoms with van der Waals surface area (Å²) in [5.74, 6) is 0.720. The average molecular weight is 276 g/mol. The van der Waals surface area contributed by atoms with Crippen LogP contribution in [0.5, 0.6) is 0 Å². The number of hydrogen-bond donors (Lipinski definition) is 2. The summed E-state index contributed by atoms with van der Waals surface area (Å²) < 4.78 is 26.5. The number of nitrogens with one attached hydrogen (secondary N) is 2. The van der Waals surface area contributed by atoms with Gasteiger partial charge in [0.25, 0.3) is 0 Å². The highest BCUT2D eigenvalue weighted by Gasteiger charge is 2.17. The summed E-state index contributed by atoms with van der Waals surface area (Å²) >= 11 is 0. The van der Waals surface area contributed by atoms with Crippen LogP contribution in [0.3, 0.4) is 0 Å². The Hall–Kier alpha value is -0.130. The van der Waals surface area contributed by atoms with Gasteiger partial charge in [-0.2, -0.15) is 0 Å². The normalized spacial score (nSPS) is 21.4. The summed E-state index contributed by atoms with van der Waals surface area (Å²) in [4.78, 5) is 0. The summed E-state index contributed by atoms with van der Waals surface area (Å²) in [6.07, 6.45) is 6.35. The van der Waals surface area contributed by atoms with Gasteiger partial charge < -0.3 is 5.32 Å². The molecule has 0 radical (unpaired) electrons. The van der Waals surface area contributed by atoms with Crippen LogP contribution in [0.15, 0.2) is 0 Å². The molecule has 0 saturated carbocycles. The third-order valence-electron chi connectivity index (χ3n) is 3.89. The Labute approximate surface area is 112 Å². The molecule has 0 aliphatic carbocycles. The molecule has 1 saturated heterocycles. The minimum Gasteiger partial charge on any atom is -0.314 e. The molecule has 1 rings (SSSR count). The molecule has 0 bridgehead atoms. The summed E-state index contributed by atoms with van der Waals surface area (Å²) in [6.45, 7) is 5.84. The van der Waals surface area contributed by atoms with E-state index in [1.54, 1.807) is 0 Å². The van der Waals surface area contributed by atoms with Crippen molar-refractivity contribution in [2.24, 2.45) is 5.92 Å². The van der Waals surface area contributed by atoms with Crippen molar-refractivity contribution in [3.05, 3.63) is 0 Å². The summed E-state index contributed by atoms with van der Waals surface area (Å²) in [5.41, 5.74) is 0. The Morgan fingerprint density at radius 3 is 2.56 bits per heavy atom. The van der Waals surface area contributed by atoms with Crippen LogP contribution in [0, 0.1) is 5.92 Å². The molecule has 1 heterocycles. The fourth-order valence-corrected chi connectivity index (χ4v) is 3.59. The maximum Gasteiger partial charge on any atom is 0.211 e. The lowest BCUT2D eigenvalue weighted by molar-refractivity contribution is 0.392. The second kappa shape index (κ2) is 8.12. The SMILES string of the molecule is CCC(CC)CNS(=O)(=O)CCC1CCCCN1. The minimum absolute atomic E-state index is 0.255. The first-order valence-electron chi connectivity index (χ1n) is 7.28. The zero-order chi connectivity index (χ0) is 13.4. The number of sulfonamides is 1. The molecule has 0 aromatic carbocycles. The molecule has 2 N–H and O–H groups in total. The van der Waals surface area contributed by atoms with Crippen LogP contribution in [-0.2, 0) is 10.0 Å². The minimum atomic E-state index is -3.09. The fourth-order valence-electron chi connectivity index (χ4n) is 2.36. The van der Waals surface area contributed by atoms with Crippen molar-refractivity contribution >= 4 is 10.0 Å². The Kier molecular flexibility index (Phi) is 7.19.